The summed E-state index contributed by atoms with van der Waals surface area (Å²) in [5.74, 6) is -7.99. The molecule has 3 nitrogen and oxygen atoms in total. The summed E-state index contributed by atoms with van der Waals surface area (Å²) < 4.78 is 138. The molecule has 1 heterocycles. The third kappa shape index (κ3) is 7.64. The van der Waals surface area contributed by atoms with Gasteiger partial charge >= 0.3 is 12.3 Å². The molecule has 1 saturated heterocycles. The number of rotatable bonds is 9. The second kappa shape index (κ2) is 11.8. The van der Waals surface area contributed by atoms with Gasteiger partial charge in [0.2, 0.25) is 0 Å². The molecule has 0 aromatic heterocycles. The van der Waals surface area contributed by atoms with Gasteiger partial charge in [0, 0.05) is 23.1 Å². The van der Waals surface area contributed by atoms with E-state index in [0.717, 1.165) is 25.7 Å². The molecule has 2 aromatic carbocycles. The maximum atomic E-state index is 14.6. The van der Waals surface area contributed by atoms with Gasteiger partial charge in [-0.1, -0.05) is 26.2 Å². The molecule has 0 atom stereocenters. The van der Waals surface area contributed by atoms with Crippen molar-refractivity contribution in [2.45, 2.75) is 51.2 Å². The summed E-state index contributed by atoms with van der Waals surface area (Å²) in [5.41, 5.74) is -3.14. The highest BCUT2D eigenvalue weighted by Gasteiger charge is 2.42. The summed E-state index contributed by atoms with van der Waals surface area (Å²) in [6.45, 7) is 2.58. The Labute approximate surface area is 206 Å². The quantitative estimate of drug-likeness (QED) is 0.236. The lowest BCUT2D eigenvalue weighted by Crippen LogP contribution is -2.28. The lowest BCUT2D eigenvalue weighted by Gasteiger charge is -2.30. The Balaban J connectivity index is 1.74. The molecule has 0 radical (unpaired) electrons. The number of hydrogen-bond acceptors (Lipinski definition) is 3. The van der Waals surface area contributed by atoms with Gasteiger partial charge in [-0.25, -0.2) is 17.6 Å². The summed E-state index contributed by atoms with van der Waals surface area (Å²) in [5, 5.41) is 0. The van der Waals surface area contributed by atoms with E-state index in [9.17, 15) is 39.5 Å². The number of allylic oxidation sites excluding steroid dienone is 1. The van der Waals surface area contributed by atoms with Crippen molar-refractivity contribution in [3.63, 3.8) is 0 Å². The van der Waals surface area contributed by atoms with Gasteiger partial charge in [-0.15, -0.1) is 0 Å². The fraction of sp³-hybridized carbons (Fsp3) is 0.440. The molecular formula is C25H23F9O3. The molecular weight excluding hydrogens is 519 g/mol. The molecule has 204 valence electrons. The van der Waals surface area contributed by atoms with Crippen molar-refractivity contribution in [1.82, 2.24) is 0 Å². The lowest BCUT2D eigenvalue weighted by molar-refractivity contribution is -0.206. The minimum Gasteiger partial charge on any atom is -0.429 e. The van der Waals surface area contributed by atoms with Crippen molar-refractivity contribution in [1.29, 1.82) is 0 Å². The van der Waals surface area contributed by atoms with Crippen LogP contribution >= 0.6 is 0 Å². The number of halogens is 9. The zero-order chi connectivity index (χ0) is 27.4. The molecule has 0 aliphatic carbocycles. The monoisotopic (exact) mass is 542 g/mol. The van der Waals surface area contributed by atoms with Gasteiger partial charge in [-0.3, -0.25) is 0 Å². The summed E-state index contributed by atoms with van der Waals surface area (Å²) in [7, 11) is 0. The molecule has 2 aromatic rings. The van der Waals surface area contributed by atoms with Gasteiger partial charge in [0.05, 0.1) is 19.3 Å². The Bertz CT molecular complexity index is 1080. The van der Waals surface area contributed by atoms with Crippen LogP contribution in [0.2, 0.25) is 0 Å². The van der Waals surface area contributed by atoms with E-state index in [1.165, 1.54) is 0 Å². The number of unbranched alkanes of at least 4 members (excludes halogenated alkanes) is 2. The number of ether oxygens (including phenoxy) is 3. The molecule has 3 rings (SSSR count). The fourth-order valence-corrected chi connectivity index (χ4v) is 3.77. The second-order valence-electron chi connectivity index (χ2n) is 8.51. The van der Waals surface area contributed by atoms with E-state index in [1.54, 1.807) is 0 Å². The first-order chi connectivity index (χ1) is 17.3. The maximum Gasteiger partial charge on any atom is 0.432 e. The first kappa shape index (κ1) is 28.8. The highest BCUT2D eigenvalue weighted by molar-refractivity contribution is 5.61. The van der Waals surface area contributed by atoms with E-state index >= 15 is 0 Å². The third-order valence-electron chi connectivity index (χ3n) is 5.54. The molecule has 0 spiro atoms. The Morgan fingerprint density at radius 1 is 0.946 bits per heavy atom. The van der Waals surface area contributed by atoms with Crippen LogP contribution in [0.5, 0.6) is 5.75 Å². The molecule has 37 heavy (non-hydrogen) atoms. The zero-order valence-electron chi connectivity index (χ0n) is 19.5. The Morgan fingerprint density at radius 3 is 2.11 bits per heavy atom. The molecule has 0 N–H and O–H groups in total. The molecule has 0 unspecified atom stereocenters. The van der Waals surface area contributed by atoms with E-state index in [2.05, 4.69) is 11.7 Å². The first-order valence-electron chi connectivity index (χ1n) is 11.3. The molecule has 1 fully saturated rings. The van der Waals surface area contributed by atoms with Crippen molar-refractivity contribution >= 4 is 5.83 Å². The number of hydrogen-bond donors (Lipinski definition) is 0. The smallest absolute Gasteiger partial charge is 0.429 e. The van der Waals surface area contributed by atoms with Crippen molar-refractivity contribution in [3.8, 4) is 5.75 Å². The molecule has 1 aliphatic rings. The highest BCUT2D eigenvalue weighted by Crippen LogP contribution is 2.38. The van der Waals surface area contributed by atoms with Crippen LogP contribution < -0.4 is 4.74 Å². The van der Waals surface area contributed by atoms with E-state index in [-0.39, 0.29) is 30.8 Å². The number of benzene rings is 2. The minimum atomic E-state index is -5.09. The van der Waals surface area contributed by atoms with Crippen molar-refractivity contribution in [3.05, 3.63) is 70.5 Å². The van der Waals surface area contributed by atoms with Crippen molar-refractivity contribution in [2.75, 3.05) is 13.2 Å². The van der Waals surface area contributed by atoms with Crippen molar-refractivity contribution < 1.29 is 53.7 Å². The normalized spacial score (nSPS) is 19.2. The molecule has 1 aliphatic heterocycles. The molecule has 0 saturated carbocycles. The van der Waals surface area contributed by atoms with Gasteiger partial charge in [-0.2, -0.15) is 22.0 Å². The van der Waals surface area contributed by atoms with Crippen LogP contribution in [0.15, 0.2) is 36.4 Å². The molecule has 0 amide bonds. The summed E-state index contributed by atoms with van der Waals surface area (Å²) in [4.78, 5) is 0. The largest absolute Gasteiger partial charge is 0.432 e. The van der Waals surface area contributed by atoms with Crippen LogP contribution in [0, 0.1) is 23.4 Å². The van der Waals surface area contributed by atoms with Crippen LogP contribution in [0.4, 0.5) is 39.5 Å². The minimum absolute atomic E-state index is 0.0960. The summed E-state index contributed by atoms with van der Waals surface area (Å²) >= 11 is 0. The predicted molar refractivity (Wildman–Crippen MR) is 115 cm³/mol. The first-order valence-corrected chi connectivity index (χ1v) is 11.3. The van der Waals surface area contributed by atoms with Gasteiger partial charge in [0.1, 0.15) is 34.6 Å². The van der Waals surface area contributed by atoms with Gasteiger partial charge < -0.3 is 14.2 Å². The third-order valence-corrected chi connectivity index (χ3v) is 5.54. The van der Waals surface area contributed by atoms with Crippen LogP contribution in [0.3, 0.4) is 0 Å². The number of alkyl halides is 5. The lowest BCUT2D eigenvalue weighted by atomic mass is 10.0. The van der Waals surface area contributed by atoms with Crippen LogP contribution in [0.1, 0.15) is 55.6 Å². The summed E-state index contributed by atoms with van der Waals surface area (Å²) in [6, 6.07) is 2.30. The van der Waals surface area contributed by atoms with E-state index in [4.69, 9.17) is 9.47 Å². The van der Waals surface area contributed by atoms with Gasteiger partial charge in [0.15, 0.2) is 6.29 Å². The SMILES string of the molecule is CCCCCC1COC(c2cc(F)c(C(F)(F)Oc3ccc(/C(F)=C/C(F)(F)F)c(F)c3)c(F)c2)OC1. The topological polar surface area (TPSA) is 27.7 Å². The fourth-order valence-electron chi connectivity index (χ4n) is 3.77. The van der Waals surface area contributed by atoms with Crippen molar-refractivity contribution in [2.24, 2.45) is 5.92 Å². The van der Waals surface area contributed by atoms with E-state index < -0.39 is 64.8 Å². The maximum absolute atomic E-state index is 14.6. The predicted octanol–water partition coefficient (Wildman–Crippen LogP) is 8.35. The Kier molecular flexibility index (Phi) is 9.17. The average Bonchev–Trinajstić information content (AvgIpc) is 2.77. The zero-order valence-corrected chi connectivity index (χ0v) is 19.5. The molecule has 0 bridgehead atoms. The van der Waals surface area contributed by atoms with E-state index in [1.807, 2.05) is 0 Å². The standard InChI is InChI=1S/C25H23F9O3/c1-2-3-4-5-14-12-35-23(36-13-14)15-8-19(27)22(20(28)9-15)25(33,34)37-16-6-7-17(18(26)10-16)21(29)11-24(30,31)32/h6-11,14,23H,2-5,12-13H2,1H3/b21-11-. The Hall–Kier alpha value is -2.73. The van der Waals surface area contributed by atoms with Gasteiger partial charge in [0.25, 0.3) is 0 Å². The second-order valence-corrected chi connectivity index (χ2v) is 8.51. The highest BCUT2D eigenvalue weighted by atomic mass is 19.4. The molecule has 12 heteroatoms. The van der Waals surface area contributed by atoms with E-state index in [0.29, 0.717) is 24.3 Å². The Morgan fingerprint density at radius 2 is 1.57 bits per heavy atom. The van der Waals surface area contributed by atoms with Crippen LogP contribution in [0.25, 0.3) is 5.83 Å². The van der Waals surface area contributed by atoms with Gasteiger partial charge in [-0.05, 0) is 30.7 Å². The average molecular weight is 542 g/mol. The summed E-state index contributed by atoms with van der Waals surface area (Å²) in [6.07, 6.45) is -7.86. The van der Waals surface area contributed by atoms with Crippen LogP contribution in [-0.2, 0) is 15.6 Å². The van der Waals surface area contributed by atoms with Crippen LogP contribution in [-0.4, -0.2) is 19.4 Å².